The fraction of sp³-hybridized carbons (Fsp3) is 0.286. The second-order valence-electron chi connectivity index (χ2n) is 7.55. The first-order valence-corrected chi connectivity index (χ1v) is 9.95. The molecule has 2 aliphatic heterocycles. The molecule has 0 aromatic heterocycles. The van der Waals surface area contributed by atoms with Gasteiger partial charge in [-0.15, -0.1) is 0 Å². The van der Waals surface area contributed by atoms with Crippen LogP contribution in [-0.2, 0) is 16.8 Å². The Labute approximate surface area is 178 Å². The van der Waals surface area contributed by atoms with Crippen molar-refractivity contribution in [2.24, 2.45) is 0 Å². The van der Waals surface area contributed by atoms with Crippen molar-refractivity contribution in [3.63, 3.8) is 0 Å². The summed E-state index contributed by atoms with van der Waals surface area (Å²) < 4.78 is 0. The van der Waals surface area contributed by atoms with Crippen molar-refractivity contribution in [1.29, 1.82) is 0 Å². The lowest BCUT2D eigenvalue weighted by Crippen LogP contribution is -2.55. The molecule has 9 heteroatoms. The van der Waals surface area contributed by atoms with Crippen molar-refractivity contribution in [2.45, 2.75) is 24.4 Å². The number of anilines is 1. The third-order valence-electron chi connectivity index (χ3n) is 5.56. The van der Waals surface area contributed by atoms with Gasteiger partial charge in [-0.1, -0.05) is 41.9 Å². The summed E-state index contributed by atoms with van der Waals surface area (Å²) in [6.07, 6.45) is -0.512. The molecule has 2 aromatic rings. The molecule has 4 rings (SSSR count). The van der Waals surface area contributed by atoms with Gasteiger partial charge in [0, 0.05) is 35.8 Å². The number of nitrogens with zero attached hydrogens (tertiary/aromatic N) is 1. The minimum atomic E-state index is -1.26. The summed E-state index contributed by atoms with van der Waals surface area (Å²) in [6.45, 7) is 0.622. The van der Waals surface area contributed by atoms with Crippen LogP contribution < -0.4 is 16.0 Å². The van der Waals surface area contributed by atoms with E-state index in [0.717, 1.165) is 11.1 Å². The van der Waals surface area contributed by atoms with E-state index in [2.05, 4.69) is 16.0 Å². The Balaban J connectivity index is 1.58. The lowest BCUT2D eigenvalue weighted by atomic mass is 9.86. The van der Waals surface area contributed by atoms with Gasteiger partial charge < -0.3 is 26.0 Å². The number of benzene rings is 2. The lowest BCUT2D eigenvalue weighted by Gasteiger charge is -2.37. The maximum atomic E-state index is 13.2. The third kappa shape index (κ3) is 3.91. The van der Waals surface area contributed by atoms with Crippen LogP contribution in [0.3, 0.4) is 0 Å². The maximum Gasteiger partial charge on any atom is 0.405 e. The van der Waals surface area contributed by atoms with E-state index in [4.69, 9.17) is 11.6 Å². The van der Waals surface area contributed by atoms with E-state index in [-0.39, 0.29) is 24.9 Å². The number of nitrogens with one attached hydrogen (secondary N) is 3. The summed E-state index contributed by atoms with van der Waals surface area (Å²) in [4.78, 5) is 38.3. The number of likely N-dealkylation sites (tertiary alicyclic amines) is 1. The minimum absolute atomic E-state index is 0.235. The number of carbonyl (C=O) groups is 3. The van der Waals surface area contributed by atoms with E-state index < -0.39 is 17.7 Å². The van der Waals surface area contributed by atoms with Gasteiger partial charge in [-0.25, -0.2) is 9.59 Å². The monoisotopic (exact) mass is 428 g/mol. The molecule has 1 fully saturated rings. The van der Waals surface area contributed by atoms with Gasteiger partial charge >= 0.3 is 12.1 Å². The molecule has 2 atom stereocenters. The van der Waals surface area contributed by atoms with E-state index in [1.54, 1.807) is 23.1 Å². The summed E-state index contributed by atoms with van der Waals surface area (Å²) in [5.74, 6) is -0.325. The van der Waals surface area contributed by atoms with Crippen LogP contribution in [-0.4, -0.2) is 47.2 Å². The van der Waals surface area contributed by atoms with Crippen LogP contribution in [0.1, 0.15) is 17.5 Å². The number of hydrogen-bond donors (Lipinski definition) is 4. The highest BCUT2D eigenvalue weighted by molar-refractivity contribution is 6.30. The zero-order valence-corrected chi connectivity index (χ0v) is 16.8. The Morgan fingerprint density at radius 3 is 2.73 bits per heavy atom. The van der Waals surface area contributed by atoms with Crippen LogP contribution in [0.2, 0.25) is 5.02 Å². The van der Waals surface area contributed by atoms with Crippen LogP contribution >= 0.6 is 11.6 Å². The molecule has 2 aromatic carbocycles. The second-order valence-corrected chi connectivity index (χ2v) is 7.99. The highest BCUT2D eigenvalue weighted by Gasteiger charge is 2.47. The minimum Gasteiger partial charge on any atom is -0.465 e. The summed E-state index contributed by atoms with van der Waals surface area (Å²) in [5, 5.41) is 17.8. The smallest absolute Gasteiger partial charge is 0.405 e. The molecule has 0 saturated carbocycles. The molecule has 4 amide bonds. The number of hydrogen-bond acceptors (Lipinski definition) is 3. The standard InChI is InChI=1S/C21H21ClN4O4/c22-14-6-7-16-15(11-14)21(25-19(28)23-16)8-9-26(12-21)18(27)17(24-20(29)30)10-13-4-2-1-3-5-13/h1-7,11,17,24H,8-10,12H2,(H,29,30)(H2,23,25,28)/t17-,21?/m0/s1. The van der Waals surface area contributed by atoms with Gasteiger partial charge in [0.15, 0.2) is 0 Å². The van der Waals surface area contributed by atoms with Gasteiger partial charge in [-0.05, 0) is 30.2 Å². The molecule has 30 heavy (non-hydrogen) atoms. The van der Waals surface area contributed by atoms with Crippen molar-refractivity contribution in [2.75, 3.05) is 18.4 Å². The number of fused-ring (bicyclic) bond motifs is 2. The van der Waals surface area contributed by atoms with Crippen LogP contribution in [0.15, 0.2) is 48.5 Å². The normalized spacial score (nSPS) is 20.8. The lowest BCUT2D eigenvalue weighted by molar-refractivity contribution is -0.132. The van der Waals surface area contributed by atoms with Gasteiger partial charge in [0.1, 0.15) is 6.04 Å². The molecule has 8 nitrogen and oxygen atoms in total. The van der Waals surface area contributed by atoms with Crippen molar-refractivity contribution in [1.82, 2.24) is 15.5 Å². The SMILES string of the molecule is O=C(O)N[C@@H](Cc1ccccc1)C(=O)N1CCC2(C1)NC(=O)Nc1ccc(Cl)cc12. The topological polar surface area (TPSA) is 111 Å². The number of carbonyl (C=O) groups excluding carboxylic acids is 2. The molecule has 2 heterocycles. The first kappa shape index (κ1) is 20.0. The molecule has 4 N–H and O–H groups in total. The molecule has 0 bridgehead atoms. The maximum absolute atomic E-state index is 13.2. The highest BCUT2D eigenvalue weighted by Crippen LogP contribution is 2.40. The van der Waals surface area contributed by atoms with Gasteiger partial charge in [0.2, 0.25) is 5.91 Å². The Morgan fingerprint density at radius 1 is 1.23 bits per heavy atom. The number of urea groups is 1. The second kappa shape index (κ2) is 7.87. The molecule has 2 aliphatic rings. The molecule has 0 radical (unpaired) electrons. The van der Waals surface area contributed by atoms with Crippen molar-refractivity contribution >= 4 is 35.3 Å². The molecule has 0 aliphatic carbocycles. The summed E-state index contributed by atoms with van der Waals surface area (Å²) in [6, 6.07) is 13.2. The zero-order chi connectivity index (χ0) is 21.3. The first-order chi connectivity index (χ1) is 14.4. The Bertz CT molecular complexity index is 1000. The highest BCUT2D eigenvalue weighted by atomic mass is 35.5. The Hall–Kier alpha value is -3.26. The molecule has 1 unspecified atom stereocenters. The molecule has 156 valence electrons. The fourth-order valence-corrected chi connectivity index (χ4v) is 4.37. The van der Waals surface area contributed by atoms with Crippen molar-refractivity contribution in [3.05, 3.63) is 64.7 Å². The van der Waals surface area contributed by atoms with Crippen molar-refractivity contribution < 1.29 is 19.5 Å². The Morgan fingerprint density at radius 2 is 2.00 bits per heavy atom. The predicted molar refractivity (Wildman–Crippen MR) is 112 cm³/mol. The van der Waals surface area contributed by atoms with E-state index in [1.807, 2.05) is 30.3 Å². The molecule has 1 saturated heterocycles. The van der Waals surface area contributed by atoms with Crippen LogP contribution in [0.25, 0.3) is 0 Å². The van der Waals surface area contributed by atoms with Crippen molar-refractivity contribution in [3.8, 4) is 0 Å². The third-order valence-corrected chi connectivity index (χ3v) is 5.79. The number of rotatable bonds is 4. The van der Waals surface area contributed by atoms with E-state index in [1.165, 1.54) is 0 Å². The molecular formula is C21H21ClN4O4. The van der Waals surface area contributed by atoms with Gasteiger partial charge in [-0.2, -0.15) is 0 Å². The summed E-state index contributed by atoms with van der Waals surface area (Å²) >= 11 is 6.18. The predicted octanol–water partition coefficient (Wildman–Crippen LogP) is 2.78. The van der Waals surface area contributed by atoms with E-state index in [0.29, 0.717) is 23.7 Å². The fourth-order valence-electron chi connectivity index (χ4n) is 4.20. The molecule has 1 spiro atoms. The van der Waals surface area contributed by atoms with Gasteiger partial charge in [-0.3, -0.25) is 4.79 Å². The first-order valence-electron chi connectivity index (χ1n) is 9.58. The average Bonchev–Trinajstić information content (AvgIpc) is 3.12. The Kier molecular flexibility index (Phi) is 5.26. The van der Waals surface area contributed by atoms with E-state index in [9.17, 15) is 19.5 Å². The van der Waals surface area contributed by atoms with E-state index >= 15 is 0 Å². The van der Waals surface area contributed by atoms with Crippen LogP contribution in [0.4, 0.5) is 15.3 Å². The quantitative estimate of drug-likeness (QED) is 0.600. The average molecular weight is 429 g/mol. The van der Waals surface area contributed by atoms with Gasteiger partial charge in [0.05, 0.1) is 5.54 Å². The van der Waals surface area contributed by atoms with Gasteiger partial charge in [0.25, 0.3) is 0 Å². The summed E-state index contributed by atoms with van der Waals surface area (Å²) in [5.41, 5.74) is 1.56. The summed E-state index contributed by atoms with van der Waals surface area (Å²) in [7, 11) is 0. The molecular weight excluding hydrogens is 408 g/mol. The van der Waals surface area contributed by atoms with Crippen LogP contribution in [0, 0.1) is 0 Å². The zero-order valence-electron chi connectivity index (χ0n) is 16.0. The largest absolute Gasteiger partial charge is 0.465 e. The van der Waals surface area contributed by atoms with Crippen LogP contribution in [0.5, 0.6) is 0 Å². The number of carboxylic acid groups (broad SMARTS) is 1. The number of amides is 4. The number of halogens is 1.